The highest BCUT2D eigenvalue weighted by Crippen LogP contribution is 2.31. The second-order valence-corrected chi connectivity index (χ2v) is 6.07. The van der Waals surface area contributed by atoms with Crippen LogP contribution in [0, 0.1) is 11.8 Å². The summed E-state index contributed by atoms with van der Waals surface area (Å²) >= 11 is 0. The highest BCUT2D eigenvalue weighted by molar-refractivity contribution is 5.77. The van der Waals surface area contributed by atoms with Crippen LogP contribution in [0.5, 0.6) is 0 Å². The fourth-order valence-electron chi connectivity index (χ4n) is 3.96. The minimum Gasteiger partial charge on any atom is -0.338 e. The molecule has 3 fully saturated rings. The summed E-state index contributed by atoms with van der Waals surface area (Å²) in [4.78, 5) is 14.6. The van der Waals surface area contributed by atoms with Crippen molar-refractivity contribution >= 4 is 5.91 Å². The predicted molar refractivity (Wildman–Crippen MR) is 67.7 cm³/mol. The minimum atomic E-state index is 0.440. The van der Waals surface area contributed by atoms with Crippen LogP contribution in [0.15, 0.2) is 0 Å². The van der Waals surface area contributed by atoms with Crippen LogP contribution in [0.1, 0.15) is 44.9 Å². The van der Waals surface area contributed by atoms with Gasteiger partial charge in [-0.1, -0.05) is 12.8 Å². The summed E-state index contributed by atoms with van der Waals surface area (Å²) in [5, 5.41) is 3.45. The Morgan fingerprint density at radius 1 is 1.12 bits per heavy atom. The molecule has 2 atom stereocenters. The quantitative estimate of drug-likeness (QED) is 0.792. The number of amides is 1. The summed E-state index contributed by atoms with van der Waals surface area (Å²) in [5.74, 6) is 1.86. The lowest BCUT2D eigenvalue weighted by molar-refractivity contribution is -0.136. The van der Waals surface area contributed by atoms with E-state index in [1.54, 1.807) is 0 Å². The maximum absolute atomic E-state index is 12.4. The standard InChI is InChI=1S/C14H24N2O/c17-14(8-11-4-1-2-5-11)16-7-3-6-12-9-15-10-13(12)16/h11-13,15H,1-10H2. The zero-order chi connectivity index (χ0) is 11.7. The normalized spacial score (nSPS) is 34.0. The van der Waals surface area contributed by atoms with E-state index in [1.807, 2.05) is 0 Å². The third-order valence-corrected chi connectivity index (χ3v) is 4.94. The maximum Gasteiger partial charge on any atom is 0.223 e. The maximum atomic E-state index is 12.4. The molecule has 3 rings (SSSR count). The lowest BCUT2D eigenvalue weighted by Crippen LogP contribution is -2.48. The van der Waals surface area contributed by atoms with E-state index in [2.05, 4.69) is 10.2 Å². The van der Waals surface area contributed by atoms with Gasteiger partial charge in [-0.3, -0.25) is 4.79 Å². The highest BCUT2D eigenvalue weighted by Gasteiger charge is 2.37. The molecule has 0 radical (unpaired) electrons. The summed E-state index contributed by atoms with van der Waals surface area (Å²) in [6.45, 7) is 3.16. The predicted octanol–water partition coefficient (Wildman–Crippen LogP) is 1.78. The molecule has 1 N–H and O–H groups in total. The van der Waals surface area contributed by atoms with Crippen LogP contribution in [0.3, 0.4) is 0 Å². The fourth-order valence-corrected chi connectivity index (χ4v) is 3.96. The lowest BCUT2D eigenvalue weighted by Gasteiger charge is -2.37. The van der Waals surface area contributed by atoms with Gasteiger partial charge in [-0.25, -0.2) is 0 Å². The molecule has 2 unspecified atom stereocenters. The zero-order valence-electron chi connectivity index (χ0n) is 10.7. The molecule has 17 heavy (non-hydrogen) atoms. The third-order valence-electron chi connectivity index (χ3n) is 4.94. The number of nitrogens with zero attached hydrogens (tertiary/aromatic N) is 1. The number of piperidine rings is 1. The molecular weight excluding hydrogens is 212 g/mol. The van der Waals surface area contributed by atoms with Crippen molar-refractivity contribution in [3.8, 4) is 0 Å². The first-order valence-corrected chi connectivity index (χ1v) is 7.35. The minimum absolute atomic E-state index is 0.440. The first-order chi connectivity index (χ1) is 8.34. The summed E-state index contributed by atoms with van der Waals surface area (Å²) in [7, 11) is 0. The van der Waals surface area contributed by atoms with Gasteiger partial charge in [-0.15, -0.1) is 0 Å². The van der Waals surface area contributed by atoms with E-state index in [1.165, 1.54) is 38.5 Å². The van der Waals surface area contributed by atoms with Crippen LogP contribution in [0.4, 0.5) is 0 Å². The van der Waals surface area contributed by atoms with Crippen molar-refractivity contribution in [1.29, 1.82) is 0 Å². The van der Waals surface area contributed by atoms with E-state index in [-0.39, 0.29) is 0 Å². The SMILES string of the molecule is O=C(CC1CCCC1)N1CCCC2CNCC21. The van der Waals surface area contributed by atoms with Gasteiger partial charge < -0.3 is 10.2 Å². The van der Waals surface area contributed by atoms with Gasteiger partial charge in [-0.05, 0) is 37.5 Å². The molecule has 0 aromatic rings. The molecule has 1 aliphatic carbocycles. The van der Waals surface area contributed by atoms with Crippen LogP contribution in [0.2, 0.25) is 0 Å². The largest absolute Gasteiger partial charge is 0.338 e. The van der Waals surface area contributed by atoms with Gasteiger partial charge in [0.2, 0.25) is 5.91 Å². The Balaban J connectivity index is 1.59. The summed E-state index contributed by atoms with van der Waals surface area (Å²) in [6.07, 6.45) is 8.59. The van der Waals surface area contributed by atoms with Crippen molar-refractivity contribution in [2.75, 3.05) is 19.6 Å². The Morgan fingerprint density at radius 2 is 1.94 bits per heavy atom. The number of hydrogen-bond donors (Lipinski definition) is 1. The molecule has 1 saturated carbocycles. The number of nitrogens with one attached hydrogen (secondary N) is 1. The van der Waals surface area contributed by atoms with Crippen LogP contribution in [-0.2, 0) is 4.79 Å². The Bertz CT molecular complexity index is 286. The summed E-state index contributed by atoms with van der Waals surface area (Å²) in [5.41, 5.74) is 0. The number of rotatable bonds is 2. The molecule has 3 heteroatoms. The van der Waals surface area contributed by atoms with E-state index >= 15 is 0 Å². The molecule has 2 saturated heterocycles. The fraction of sp³-hybridized carbons (Fsp3) is 0.929. The lowest BCUT2D eigenvalue weighted by atomic mass is 9.91. The highest BCUT2D eigenvalue weighted by atomic mass is 16.2. The van der Waals surface area contributed by atoms with Crippen molar-refractivity contribution in [2.24, 2.45) is 11.8 Å². The molecule has 2 heterocycles. The van der Waals surface area contributed by atoms with E-state index < -0.39 is 0 Å². The van der Waals surface area contributed by atoms with Crippen molar-refractivity contribution in [3.05, 3.63) is 0 Å². The number of likely N-dealkylation sites (tertiary alicyclic amines) is 1. The second-order valence-electron chi connectivity index (χ2n) is 6.07. The van der Waals surface area contributed by atoms with Gasteiger partial charge in [0.25, 0.3) is 0 Å². The van der Waals surface area contributed by atoms with Gasteiger partial charge in [-0.2, -0.15) is 0 Å². The average molecular weight is 236 g/mol. The van der Waals surface area contributed by atoms with Crippen LogP contribution in [0.25, 0.3) is 0 Å². The molecule has 96 valence electrons. The first-order valence-electron chi connectivity index (χ1n) is 7.35. The van der Waals surface area contributed by atoms with Gasteiger partial charge in [0, 0.05) is 32.1 Å². The molecular formula is C14H24N2O. The summed E-state index contributed by atoms with van der Waals surface area (Å²) < 4.78 is 0. The molecule has 2 aliphatic heterocycles. The Hall–Kier alpha value is -0.570. The summed E-state index contributed by atoms with van der Waals surface area (Å²) in [6, 6.07) is 0.512. The number of carbonyl (C=O) groups is 1. The van der Waals surface area contributed by atoms with Crippen molar-refractivity contribution in [2.45, 2.75) is 51.0 Å². The second kappa shape index (κ2) is 4.97. The van der Waals surface area contributed by atoms with E-state index in [4.69, 9.17) is 0 Å². The van der Waals surface area contributed by atoms with Crippen LogP contribution < -0.4 is 5.32 Å². The smallest absolute Gasteiger partial charge is 0.223 e. The molecule has 3 nitrogen and oxygen atoms in total. The van der Waals surface area contributed by atoms with Crippen LogP contribution >= 0.6 is 0 Å². The van der Waals surface area contributed by atoms with Gasteiger partial charge in [0.1, 0.15) is 0 Å². The first kappa shape index (κ1) is 11.5. The van der Waals surface area contributed by atoms with E-state index in [9.17, 15) is 4.79 Å². The van der Waals surface area contributed by atoms with Crippen LogP contribution in [-0.4, -0.2) is 36.5 Å². The molecule has 0 spiro atoms. The Labute approximate surface area is 104 Å². The third kappa shape index (κ3) is 2.35. The van der Waals surface area contributed by atoms with Crippen molar-refractivity contribution < 1.29 is 4.79 Å². The van der Waals surface area contributed by atoms with Gasteiger partial charge in [0.15, 0.2) is 0 Å². The Kier molecular flexibility index (Phi) is 3.37. The average Bonchev–Trinajstić information content (AvgIpc) is 2.97. The van der Waals surface area contributed by atoms with E-state index in [0.29, 0.717) is 17.9 Å². The topological polar surface area (TPSA) is 32.3 Å². The van der Waals surface area contributed by atoms with Gasteiger partial charge in [0.05, 0.1) is 0 Å². The Morgan fingerprint density at radius 3 is 2.76 bits per heavy atom. The molecule has 0 aromatic heterocycles. The van der Waals surface area contributed by atoms with Crippen molar-refractivity contribution in [1.82, 2.24) is 10.2 Å². The number of hydrogen-bond acceptors (Lipinski definition) is 2. The zero-order valence-corrected chi connectivity index (χ0v) is 10.7. The number of carbonyl (C=O) groups excluding carboxylic acids is 1. The molecule has 0 aromatic carbocycles. The van der Waals surface area contributed by atoms with Gasteiger partial charge >= 0.3 is 0 Å². The number of fused-ring (bicyclic) bond motifs is 1. The van der Waals surface area contributed by atoms with E-state index in [0.717, 1.165) is 32.0 Å². The molecule has 0 bridgehead atoms. The molecule has 3 aliphatic rings. The monoisotopic (exact) mass is 236 g/mol. The van der Waals surface area contributed by atoms with Crippen molar-refractivity contribution in [3.63, 3.8) is 0 Å². The molecule has 1 amide bonds.